The molecule has 0 saturated heterocycles. The molecule has 0 spiro atoms. The SMILES string of the molecule is CC1=CCC(c2c3ccccc3c(C3=CC=C(C(C)(C)C)CC3)c3ccccc23)C=C1. The molecular weight excluding hydrogens is 372 g/mol. The molecule has 0 fully saturated rings. The van der Waals surface area contributed by atoms with E-state index < -0.39 is 0 Å². The van der Waals surface area contributed by atoms with Crippen LogP contribution < -0.4 is 0 Å². The van der Waals surface area contributed by atoms with Gasteiger partial charge in [-0.15, -0.1) is 0 Å². The van der Waals surface area contributed by atoms with E-state index in [0.717, 1.165) is 19.3 Å². The lowest BCUT2D eigenvalue weighted by Crippen LogP contribution is -2.11. The summed E-state index contributed by atoms with van der Waals surface area (Å²) in [5.41, 5.74) is 7.56. The fraction of sp³-hybridized carbons (Fsp3) is 0.290. The van der Waals surface area contributed by atoms with E-state index in [1.165, 1.54) is 43.8 Å². The van der Waals surface area contributed by atoms with Crippen molar-refractivity contribution in [3.8, 4) is 0 Å². The lowest BCUT2D eigenvalue weighted by atomic mass is 9.77. The van der Waals surface area contributed by atoms with E-state index >= 15 is 0 Å². The molecule has 0 amide bonds. The summed E-state index contributed by atoms with van der Waals surface area (Å²) in [4.78, 5) is 0. The Morgan fingerprint density at radius 2 is 1.39 bits per heavy atom. The maximum Gasteiger partial charge on any atom is 0.00682 e. The summed E-state index contributed by atoms with van der Waals surface area (Å²) in [7, 11) is 0. The van der Waals surface area contributed by atoms with Crippen LogP contribution in [0.5, 0.6) is 0 Å². The molecular formula is C31H32. The molecule has 0 nitrogen and oxygen atoms in total. The molecule has 1 unspecified atom stereocenters. The first-order valence-corrected chi connectivity index (χ1v) is 11.6. The number of allylic oxidation sites excluding steroid dienone is 8. The van der Waals surface area contributed by atoms with Gasteiger partial charge in [-0.2, -0.15) is 0 Å². The molecule has 0 saturated carbocycles. The van der Waals surface area contributed by atoms with Crippen LogP contribution in [0, 0.1) is 5.41 Å². The Morgan fingerprint density at radius 3 is 1.87 bits per heavy atom. The van der Waals surface area contributed by atoms with Crippen LogP contribution in [0.2, 0.25) is 0 Å². The van der Waals surface area contributed by atoms with Crippen molar-refractivity contribution in [3.63, 3.8) is 0 Å². The maximum absolute atomic E-state index is 2.40. The third-order valence-electron chi connectivity index (χ3n) is 7.06. The van der Waals surface area contributed by atoms with Crippen molar-refractivity contribution in [2.75, 3.05) is 0 Å². The Kier molecular flexibility index (Phi) is 4.97. The van der Waals surface area contributed by atoms with Crippen LogP contribution in [-0.4, -0.2) is 0 Å². The Balaban J connectivity index is 1.78. The van der Waals surface area contributed by atoms with Gasteiger partial charge in [-0.1, -0.05) is 111 Å². The maximum atomic E-state index is 2.40. The van der Waals surface area contributed by atoms with Crippen LogP contribution in [0.4, 0.5) is 0 Å². The van der Waals surface area contributed by atoms with Gasteiger partial charge in [-0.05, 0) is 69.8 Å². The fourth-order valence-electron chi connectivity index (χ4n) is 5.32. The fourth-order valence-corrected chi connectivity index (χ4v) is 5.32. The van der Waals surface area contributed by atoms with E-state index in [4.69, 9.17) is 0 Å². The summed E-state index contributed by atoms with van der Waals surface area (Å²) in [5.74, 6) is 0.431. The third kappa shape index (κ3) is 3.59. The van der Waals surface area contributed by atoms with Crippen LogP contribution in [0.3, 0.4) is 0 Å². The Labute approximate surface area is 186 Å². The second kappa shape index (κ2) is 7.68. The first-order chi connectivity index (χ1) is 14.9. The highest BCUT2D eigenvalue weighted by Crippen LogP contribution is 2.45. The smallest absolute Gasteiger partial charge is 0.00682 e. The molecule has 3 aromatic rings. The van der Waals surface area contributed by atoms with E-state index in [1.807, 2.05) is 0 Å². The summed E-state index contributed by atoms with van der Waals surface area (Å²) in [5, 5.41) is 5.61. The average molecular weight is 405 g/mol. The van der Waals surface area contributed by atoms with Crippen molar-refractivity contribution >= 4 is 27.1 Å². The first kappa shape index (κ1) is 20.1. The van der Waals surface area contributed by atoms with Gasteiger partial charge in [0.15, 0.2) is 0 Å². The molecule has 0 aliphatic heterocycles. The van der Waals surface area contributed by atoms with Crippen molar-refractivity contribution in [3.05, 3.63) is 101 Å². The molecule has 2 aliphatic rings. The highest BCUT2D eigenvalue weighted by molar-refractivity contribution is 6.12. The summed E-state index contributed by atoms with van der Waals surface area (Å²) in [6.07, 6.45) is 15.2. The van der Waals surface area contributed by atoms with E-state index in [1.54, 1.807) is 5.57 Å². The topological polar surface area (TPSA) is 0 Å². The van der Waals surface area contributed by atoms with Gasteiger partial charge in [-0.3, -0.25) is 0 Å². The van der Waals surface area contributed by atoms with Gasteiger partial charge in [-0.25, -0.2) is 0 Å². The molecule has 0 N–H and O–H groups in total. The molecule has 3 aromatic carbocycles. The Bertz CT molecular complexity index is 1230. The molecule has 0 heteroatoms. The predicted octanol–water partition coefficient (Wildman–Crippen LogP) is 9.13. The summed E-state index contributed by atoms with van der Waals surface area (Å²) >= 11 is 0. The summed E-state index contributed by atoms with van der Waals surface area (Å²) in [6.45, 7) is 9.17. The third-order valence-corrected chi connectivity index (χ3v) is 7.06. The van der Waals surface area contributed by atoms with Crippen LogP contribution in [0.15, 0.2) is 90.1 Å². The van der Waals surface area contributed by atoms with Crippen molar-refractivity contribution in [2.24, 2.45) is 5.41 Å². The molecule has 2 aliphatic carbocycles. The van der Waals surface area contributed by atoms with Gasteiger partial charge in [0.2, 0.25) is 0 Å². The minimum absolute atomic E-state index is 0.245. The van der Waals surface area contributed by atoms with Crippen molar-refractivity contribution in [1.29, 1.82) is 0 Å². The zero-order valence-electron chi connectivity index (χ0n) is 19.2. The molecule has 1 atom stereocenters. The van der Waals surface area contributed by atoms with Gasteiger partial charge < -0.3 is 0 Å². The highest BCUT2D eigenvalue weighted by atomic mass is 14.3. The minimum Gasteiger partial charge on any atom is -0.0807 e. The van der Waals surface area contributed by atoms with Gasteiger partial charge in [0, 0.05) is 5.92 Å². The number of hydrogen-bond donors (Lipinski definition) is 0. The average Bonchev–Trinajstić information content (AvgIpc) is 2.78. The Hall–Kier alpha value is -2.86. The quantitative estimate of drug-likeness (QED) is 0.373. The summed E-state index contributed by atoms with van der Waals surface area (Å²) in [6, 6.07) is 18.1. The monoisotopic (exact) mass is 404 g/mol. The number of fused-ring (bicyclic) bond motifs is 2. The van der Waals surface area contributed by atoms with E-state index in [0.29, 0.717) is 5.92 Å². The largest absolute Gasteiger partial charge is 0.0807 e. The second-order valence-electron chi connectivity index (χ2n) is 10.2. The second-order valence-corrected chi connectivity index (χ2v) is 10.2. The van der Waals surface area contributed by atoms with E-state index in [9.17, 15) is 0 Å². The summed E-state index contributed by atoms with van der Waals surface area (Å²) < 4.78 is 0. The predicted molar refractivity (Wildman–Crippen MR) is 136 cm³/mol. The van der Waals surface area contributed by atoms with Gasteiger partial charge in [0.1, 0.15) is 0 Å². The van der Waals surface area contributed by atoms with Gasteiger partial charge in [0.05, 0.1) is 0 Å². The molecule has 0 radical (unpaired) electrons. The van der Waals surface area contributed by atoms with Crippen LogP contribution in [0.1, 0.15) is 64.0 Å². The zero-order chi connectivity index (χ0) is 21.6. The highest BCUT2D eigenvalue weighted by Gasteiger charge is 2.24. The van der Waals surface area contributed by atoms with Crippen molar-refractivity contribution in [1.82, 2.24) is 0 Å². The molecule has 0 heterocycles. The molecule has 0 bridgehead atoms. The lowest BCUT2D eigenvalue weighted by Gasteiger charge is -2.28. The molecule has 5 rings (SSSR count). The van der Waals surface area contributed by atoms with Gasteiger partial charge in [0.25, 0.3) is 0 Å². The van der Waals surface area contributed by atoms with Crippen LogP contribution in [0.25, 0.3) is 27.1 Å². The standard InChI is InChI=1S/C31H32/c1-21-13-15-22(16-14-21)29-25-9-5-7-11-27(25)30(28-12-8-6-10-26(28)29)23-17-19-24(20-18-23)31(2,3)4/h5-15,17,19,22H,16,18,20H2,1-4H3. The Morgan fingerprint density at radius 1 is 0.774 bits per heavy atom. The van der Waals surface area contributed by atoms with Crippen LogP contribution >= 0.6 is 0 Å². The van der Waals surface area contributed by atoms with Crippen molar-refractivity contribution < 1.29 is 0 Å². The zero-order valence-corrected chi connectivity index (χ0v) is 19.2. The molecule has 0 aromatic heterocycles. The van der Waals surface area contributed by atoms with E-state index in [-0.39, 0.29) is 5.41 Å². The molecule has 156 valence electrons. The number of hydrogen-bond acceptors (Lipinski definition) is 0. The first-order valence-electron chi connectivity index (χ1n) is 11.6. The lowest BCUT2D eigenvalue weighted by molar-refractivity contribution is 0.482. The minimum atomic E-state index is 0.245. The van der Waals surface area contributed by atoms with Crippen LogP contribution in [-0.2, 0) is 0 Å². The normalized spacial score (nSPS) is 19.4. The number of rotatable bonds is 2. The van der Waals surface area contributed by atoms with Crippen molar-refractivity contribution in [2.45, 2.75) is 52.9 Å². The number of benzene rings is 3. The van der Waals surface area contributed by atoms with E-state index in [2.05, 4.69) is 107 Å². The van der Waals surface area contributed by atoms with Gasteiger partial charge >= 0.3 is 0 Å². The molecule has 31 heavy (non-hydrogen) atoms.